The zero-order valence-electron chi connectivity index (χ0n) is 10.8. The van der Waals surface area contributed by atoms with Crippen LogP contribution in [0.4, 0.5) is 5.95 Å². The molecule has 2 aromatic rings. The molecule has 0 radical (unpaired) electrons. The number of aromatic amines is 1. The summed E-state index contributed by atoms with van der Waals surface area (Å²) >= 11 is 7.32. The van der Waals surface area contributed by atoms with Crippen LogP contribution in [0, 0.1) is 4.77 Å². The van der Waals surface area contributed by atoms with Gasteiger partial charge in [0, 0.05) is 10.4 Å². The smallest absolute Gasteiger partial charge is 0.247 e. The number of rotatable bonds is 0. The molecule has 0 saturated carbocycles. The molecule has 4 heterocycles. The van der Waals surface area contributed by atoms with Gasteiger partial charge in [0.25, 0.3) is 0 Å². The summed E-state index contributed by atoms with van der Waals surface area (Å²) in [5.74, 6) is 0.857. The first-order chi connectivity index (χ1) is 9.84. The molecule has 104 valence electrons. The molecule has 8 heteroatoms. The van der Waals surface area contributed by atoms with E-state index in [9.17, 15) is 0 Å². The summed E-state index contributed by atoms with van der Waals surface area (Å²) in [6, 6.07) is 0. The van der Waals surface area contributed by atoms with Crippen LogP contribution in [-0.4, -0.2) is 21.4 Å². The van der Waals surface area contributed by atoms with Crippen LogP contribution in [-0.2, 0) is 12.8 Å². The minimum Gasteiger partial charge on any atom is -0.278 e. The Bertz CT molecular complexity index is 757. The topological polar surface area (TPSA) is 60.9 Å². The van der Waals surface area contributed by atoms with Crippen LogP contribution in [0.15, 0.2) is 0 Å². The summed E-state index contributed by atoms with van der Waals surface area (Å²) in [6.45, 7) is 0.758. The highest BCUT2D eigenvalue weighted by Crippen LogP contribution is 2.46. The lowest BCUT2D eigenvalue weighted by atomic mass is 9.94. The lowest BCUT2D eigenvalue weighted by Crippen LogP contribution is -2.39. The van der Waals surface area contributed by atoms with Crippen molar-refractivity contribution in [2.24, 2.45) is 0 Å². The Labute approximate surface area is 124 Å². The van der Waals surface area contributed by atoms with Crippen LogP contribution in [0.1, 0.15) is 35.0 Å². The van der Waals surface area contributed by atoms with E-state index in [-0.39, 0.29) is 6.17 Å². The van der Waals surface area contributed by atoms with Crippen molar-refractivity contribution in [3.05, 3.63) is 20.8 Å². The van der Waals surface area contributed by atoms with Crippen molar-refractivity contribution >= 4 is 29.5 Å². The van der Waals surface area contributed by atoms with Crippen LogP contribution >= 0.6 is 23.6 Å². The van der Waals surface area contributed by atoms with Gasteiger partial charge in [0.1, 0.15) is 11.2 Å². The van der Waals surface area contributed by atoms with Gasteiger partial charge in [-0.2, -0.15) is 0 Å². The fourth-order valence-electron chi connectivity index (χ4n) is 3.48. The maximum atomic E-state index is 5.43. The van der Waals surface area contributed by atoms with E-state index in [1.807, 2.05) is 11.3 Å². The molecule has 1 fully saturated rings. The molecule has 1 saturated heterocycles. The van der Waals surface area contributed by atoms with E-state index in [2.05, 4.69) is 30.5 Å². The standard InChI is InChI=1S/C12H14N6S2/c19-12-16-15-11-17(12)10-8(9-13-5-14-18(9)11)6-3-1-2-4-7(6)20-10/h9,13-14H,1-5H2,(H,16,19). The molecule has 0 spiro atoms. The zero-order valence-corrected chi connectivity index (χ0v) is 12.4. The number of aryl methyl sites for hydroxylation is 1. The third-order valence-electron chi connectivity index (χ3n) is 4.34. The minimum atomic E-state index is 0.181. The number of thiophene rings is 1. The van der Waals surface area contributed by atoms with Crippen molar-refractivity contribution in [3.8, 4) is 5.00 Å². The Kier molecular flexibility index (Phi) is 2.24. The molecule has 5 rings (SSSR count). The molecule has 0 bridgehead atoms. The highest BCUT2D eigenvalue weighted by Gasteiger charge is 2.40. The Morgan fingerprint density at radius 3 is 3.15 bits per heavy atom. The van der Waals surface area contributed by atoms with Gasteiger partial charge in [-0.1, -0.05) is 0 Å². The van der Waals surface area contributed by atoms with Crippen molar-refractivity contribution in [1.82, 2.24) is 25.5 Å². The number of nitrogens with zero attached hydrogens (tertiary/aromatic N) is 3. The molecule has 20 heavy (non-hydrogen) atoms. The number of H-pyrrole nitrogens is 1. The number of anilines is 1. The van der Waals surface area contributed by atoms with Gasteiger partial charge in [-0.25, -0.2) is 15.1 Å². The summed E-state index contributed by atoms with van der Waals surface area (Å²) in [4.78, 5) is 1.53. The number of hydrogen-bond donors (Lipinski definition) is 3. The summed E-state index contributed by atoms with van der Waals surface area (Å²) in [5.41, 5.74) is 6.28. The Morgan fingerprint density at radius 1 is 1.30 bits per heavy atom. The van der Waals surface area contributed by atoms with Crippen molar-refractivity contribution in [2.75, 3.05) is 11.7 Å². The van der Waals surface area contributed by atoms with Gasteiger partial charge in [0.15, 0.2) is 0 Å². The summed E-state index contributed by atoms with van der Waals surface area (Å²) in [6.07, 6.45) is 5.16. The molecule has 1 unspecified atom stereocenters. The third-order valence-corrected chi connectivity index (χ3v) is 5.91. The molecule has 3 aliphatic rings. The van der Waals surface area contributed by atoms with E-state index in [4.69, 9.17) is 12.2 Å². The molecule has 6 nitrogen and oxygen atoms in total. The summed E-state index contributed by atoms with van der Waals surface area (Å²) in [5, 5.41) is 14.2. The number of aromatic nitrogens is 3. The summed E-state index contributed by atoms with van der Waals surface area (Å²) < 4.78 is 2.75. The summed E-state index contributed by atoms with van der Waals surface area (Å²) in [7, 11) is 0. The molecular weight excluding hydrogens is 292 g/mol. The molecular formula is C12H14N6S2. The Morgan fingerprint density at radius 2 is 2.20 bits per heavy atom. The third kappa shape index (κ3) is 1.30. The minimum absolute atomic E-state index is 0.181. The van der Waals surface area contributed by atoms with Crippen LogP contribution in [0.25, 0.3) is 5.00 Å². The maximum Gasteiger partial charge on any atom is 0.247 e. The van der Waals surface area contributed by atoms with Crippen molar-refractivity contribution in [1.29, 1.82) is 0 Å². The normalized spacial score (nSPS) is 23.2. The lowest BCUT2D eigenvalue weighted by molar-refractivity contribution is 0.583. The number of hydrogen-bond acceptors (Lipinski definition) is 6. The van der Waals surface area contributed by atoms with Crippen molar-refractivity contribution in [3.63, 3.8) is 0 Å². The second-order valence-corrected chi connectivity index (χ2v) is 6.88. The highest BCUT2D eigenvalue weighted by atomic mass is 32.1. The fraction of sp³-hybridized carbons (Fsp3) is 0.500. The monoisotopic (exact) mass is 306 g/mol. The SMILES string of the molecule is S=c1[nH]nc2n1-c1sc3c(c1C1NCNN21)CCCC3. The molecule has 1 aliphatic carbocycles. The highest BCUT2D eigenvalue weighted by molar-refractivity contribution is 7.71. The first kappa shape index (κ1) is 11.4. The predicted molar refractivity (Wildman–Crippen MR) is 79.6 cm³/mol. The van der Waals surface area contributed by atoms with E-state index < -0.39 is 0 Å². The predicted octanol–water partition coefficient (Wildman–Crippen LogP) is 1.75. The number of hydrazine groups is 1. The van der Waals surface area contributed by atoms with Crippen LogP contribution in [0.2, 0.25) is 0 Å². The lowest BCUT2D eigenvalue weighted by Gasteiger charge is -2.30. The zero-order chi connectivity index (χ0) is 13.3. The second-order valence-electron chi connectivity index (χ2n) is 5.41. The molecule has 3 N–H and O–H groups in total. The average molecular weight is 306 g/mol. The van der Waals surface area contributed by atoms with Crippen LogP contribution < -0.4 is 15.8 Å². The van der Waals surface area contributed by atoms with E-state index >= 15 is 0 Å². The van der Waals surface area contributed by atoms with Crippen molar-refractivity contribution in [2.45, 2.75) is 31.8 Å². The molecule has 0 amide bonds. The van der Waals surface area contributed by atoms with E-state index in [0.29, 0.717) is 4.77 Å². The average Bonchev–Trinajstić information content (AvgIpc) is 3.13. The Hall–Kier alpha value is -1.22. The molecule has 0 aromatic carbocycles. The molecule has 1 atom stereocenters. The van der Waals surface area contributed by atoms with Gasteiger partial charge in [0.2, 0.25) is 10.7 Å². The first-order valence-electron chi connectivity index (χ1n) is 6.93. The van der Waals surface area contributed by atoms with Gasteiger partial charge in [0.05, 0.1) is 6.67 Å². The second kappa shape index (κ2) is 3.91. The molecule has 2 aromatic heterocycles. The van der Waals surface area contributed by atoms with E-state index in [1.54, 1.807) is 0 Å². The number of fused-ring (bicyclic) bond motifs is 8. The maximum absolute atomic E-state index is 5.43. The van der Waals surface area contributed by atoms with Crippen molar-refractivity contribution < 1.29 is 0 Å². The van der Waals surface area contributed by atoms with Gasteiger partial charge in [-0.15, -0.1) is 16.4 Å². The Balaban J connectivity index is 1.85. The van der Waals surface area contributed by atoms with Gasteiger partial charge in [-0.05, 0) is 43.5 Å². The van der Waals surface area contributed by atoms with Gasteiger partial charge in [-0.3, -0.25) is 10.3 Å². The largest absolute Gasteiger partial charge is 0.278 e. The van der Waals surface area contributed by atoms with E-state index in [1.165, 1.54) is 46.7 Å². The van der Waals surface area contributed by atoms with Crippen LogP contribution in [0.3, 0.4) is 0 Å². The number of nitrogens with one attached hydrogen (secondary N) is 3. The van der Waals surface area contributed by atoms with Gasteiger partial charge >= 0.3 is 0 Å². The van der Waals surface area contributed by atoms with Gasteiger partial charge < -0.3 is 0 Å². The first-order valence-corrected chi connectivity index (χ1v) is 8.15. The van der Waals surface area contributed by atoms with E-state index in [0.717, 1.165) is 12.6 Å². The van der Waals surface area contributed by atoms with Crippen LogP contribution in [0.5, 0.6) is 0 Å². The molecule has 2 aliphatic heterocycles. The fourth-order valence-corrected chi connectivity index (χ4v) is 5.19. The quantitative estimate of drug-likeness (QED) is 0.647.